The molecule has 0 aromatic heterocycles. The van der Waals surface area contributed by atoms with Crippen LogP contribution in [-0.4, -0.2) is 42.7 Å². The number of rotatable bonds is 1. The van der Waals surface area contributed by atoms with Gasteiger partial charge in [-0.05, 0) is 0 Å². The standard InChI is InChI=1S/C6H9ClFNO2/c7-5(8)6(10)9-1-3-11-4-2-9/h5H,1-4H2. The van der Waals surface area contributed by atoms with Crippen molar-refractivity contribution in [3.8, 4) is 0 Å². The quantitative estimate of drug-likeness (QED) is 0.548. The molecule has 0 aliphatic carbocycles. The summed E-state index contributed by atoms with van der Waals surface area (Å²) >= 11 is 4.96. The van der Waals surface area contributed by atoms with Gasteiger partial charge < -0.3 is 9.64 Å². The van der Waals surface area contributed by atoms with E-state index in [1.165, 1.54) is 4.90 Å². The van der Waals surface area contributed by atoms with Gasteiger partial charge in [-0.2, -0.15) is 0 Å². The van der Waals surface area contributed by atoms with Crippen LogP contribution in [-0.2, 0) is 9.53 Å². The second-order valence-corrected chi connectivity index (χ2v) is 2.62. The summed E-state index contributed by atoms with van der Waals surface area (Å²) in [6.45, 7) is 1.81. The Bertz CT molecular complexity index is 148. The molecule has 11 heavy (non-hydrogen) atoms. The fourth-order valence-corrected chi connectivity index (χ4v) is 1.06. The zero-order chi connectivity index (χ0) is 8.27. The number of morpholine rings is 1. The van der Waals surface area contributed by atoms with Gasteiger partial charge in [-0.25, -0.2) is 4.39 Å². The number of hydrogen-bond acceptors (Lipinski definition) is 2. The Morgan fingerprint density at radius 1 is 1.55 bits per heavy atom. The summed E-state index contributed by atoms with van der Waals surface area (Å²) in [6.07, 6.45) is 0. The smallest absolute Gasteiger partial charge is 0.272 e. The van der Waals surface area contributed by atoms with Crippen LogP contribution in [0.15, 0.2) is 0 Å². The highest BCUT2D eigenvalue weighted by Gasteiger charge is 2.22. The second kappa shape index (κ2) is 3.88. The average Bonchev–Trinajstić information content (AvgIpc) is 2.05. The normalized spacial score (nSPS) is 21.5. The third kappa shape index (κ3) is 2.31. The lowest BCUT2D eigenvalue weighted by Gasteiger charge is -2.26. The number of carbonyl (C=O) groups excluding carboxylic acids is 1. The molecular weight excluding hydrogens is 173 g/mol. The SMILES string of the molecule is O=C(C(F)Cl)N1CCOCC1. The summed E-state index contributed by atoms with van der Waals surface area (Å²) in [7, 11) is 0. The zero-order valence-corrected chi connectivity index (χ0v) is 6.68. The highest BCUT2D eigenvalue weighted by Crippen LogP contribution is 2.05. The van der Waals surface area contributed by atoms with Crippen molar-refractivity contribution in [2.45, 2.75) is 5.63 Å². The van der Waals surface area contributed by atoms with Crippen molar-refractivity contribution in [3.05, 3.63) is 0 Å². The van der Waals surface area contributed by atoms with Crippen molar-refractivity contribution >= 4 is 17.5 Å². The molecule has 5 heteroatoms. The van der Waals surface area contributed by atoms with E-state index in [9.17, 15) is 9.18 Å². The van der Waals surface area contributed by atoms with E-state index in [1.54, 1.807) is 0 Å². The highest BCUT2D eigenvalue weighted by molar-refractivity contribution is 6.29. The molecule has 1 heterocycles. The molecule has 1 aliphatic heterocycles. The molecule has 1 atom stereocenters. The molecule has 64 valence electrons. The molecule has 1 amide bonds. The molecule has 0 bridgehead atoms. The molecule has 0 spiro atoms. The van der Waals surface area contributed by atoms with Crippen molar-refractivity contribution in [2.24, 2.45) is 0 Å². The monoisotopic (exact) mass is 181 g/mol. The number of alkyl halides is 2. The first-order valence-electron chi connectivity index (χ1n) is 3.36. The number of carbonyl (C=O) groups is 1. The molecule has 0 aromatic carbocycles. The first kappa shape index (κ1) is 8.74. The van der Waals surface area contributed by atoms with Crippen LogP contribution < -0.4 is 0 Å². The molecule has 0 saturated carbocycles. The van der Waals surface area contributed by atoms with Gasteiger partial charge in [-0.3, -0.25) is 4.79 Å². The molecule has 0 aromatic rings. The zero-order valence-electron chi connectivity index (χ0n) is 5.93. The van der Waals surface area contributed by atoms with Gasteiger partial charge in [0.05, 0.1) is 13.2 Å². The summed E-state index contributed by atoms with van der Waals surface area (Å²) in [5, 5.41) is 0. The lowest BCUT2D eigenvalue weighted by molar-refractivity contribution is -0.137. The van der Waals surface area contributed by atoms with E-state index >= 15 is 0 Å². The Kier molecular flexibility index (Phi) is 3.08. The van der Waals surface area contributed by atoms with Crippen LogP contribution in [0.3, 0.4) is 0 Å². The van der Waals surface area contributed by atoms with Crippen molar-refractivity contribution < 1.29 is 13.9 Å². The van der Waals surface area contributed by atoms with Crippen molar-refractivity contribution in [1.29, 1.82) is 0 Å². The van der Waals surface area contributed by atoms with Gasteiger partial charge in [0.15, 0.2) is 0 Å². The van der Waals surface area contributed by atoms with Crippen LogP contribution in [0.1, 0.15) is 0 Å². The van der Waals surface area contributed by atoms with Crippen LogP contribution in [0.25, 0.3) is 0 Å². The fraction of sp³-hybridized carbons (Fsp3) is 0.833. The van der Waals surface area contributed by atoms with Gasteiger partial charge in [-0.1, -0.05) is 11.6 Å². The van der Waals surface area contributed by atoms with E-state index in [0.29, 0.717) is 26.3 Å². The van der Waals surface area contributed by atoms with Gasteiger partial charge in [0.2, 0.25) is 0 Å². The van der Waals surface area contributed by atoms with E-state index in [4.69, 9.17) is 16.3 Å². The van der Waals surface area contributed by atoms with Crippen LogP contribution in [0.4, 0.5) is 4.39 Å². The number of halogens is 2. The largest absolute Gasteiger partial charge is 0.378 e. The Hall–Kier alpha value is -0.350. The van der Waals surface area contributed by atoms with Crippen molar-refractivity contribution in [1.82, 2.24) is 4.90 Å². The van der Waals surface area contributed by atoms with Gasteiger partial charge >= 0.3 is 0 Å². The van der Waals surface area contributed by atoms with Gasteiger partial charge in [-0.15, -0.1) is 0 Å². The Labute approximate surface area is 69.1 Å². The molecule has 3 nitrogen and oxygen atoms in total. The summed E-state index contributed by atoms with van der Waals surface area (Å²) in [4.78, 5) is 12.2. The molecule has 1 fully saturated rings. The van der Waals surface area contributed by atoms with E-state index < -0.39 is 11.5 Å². The molecule has 1 aliphatic rings. The maximum absolute atomic E-state index is 12.2. The summed E-state index contributed by atoms with van der Waals surface area (Å²) < 4.78 is 17.2. The predicted molar refractivity (Wildman–Crippen MR) is 38.1 cm³/mol. The third-order valence-electron chi connectivity index (χ3n) is 1.51. The van der Waals surface area contributed by atoms with E-state index in [0.717, 1.165) is 0 Å². The van der Waals surface area contributed by atoms with Crippen LogP contribution in [0.2, 0.25) is 0 Å². The Balaban J connectivity index is 2.39. The molecular formula is C6H9ClFNO2. The topological polar surface area (TPSA) is 29.5 Å². The Morgan fingerprint density at radius 3 is 2.55 bits per heavy atom. The van der Waals surface area contributed by atoms with Gasteiger partial charge in [0.1, 0.15) is 0 Å². The minimum Gasteiger partial charge on any atom is -0.378 e. The average molecular weight is 182 g/mol. The maximum atomic E-state index is 12.2. The number of hydrogen-bond donors (Lipinski definition) is 0. The molecule has 1 rings (SSSR count). The van der Waals surface area contributed by atoms with E-state index in [1.807, 2.05) is 0 Å². The molecule has 1 saturated heterocycles. The maximum Gasteiger partial charge on any atom is 0.272 e. The first-order chi connectivity index (χ1) is 5.22. The summed E-state index contributed by atoms with van der Waals surface area (Å²) in [6, 6.07) is 0. The van der Waals surface area contributed by atoms with Crippen molar-refractivity contribution in [2.75, 3.05) is 26.3 Å². The molecule has 0 N–H and O–H groups in total. The van der Waals surface area contributed by atoms with Crippen LogP contribution in [0.5, 0.6) is 0 Å². The lowest BCUT2D eigenvalue weighted by atomic mass is 10.4. The van der Waals surface area contributed by atoms with Crippen molar-refractivity contribution in [3.63, 3.8) is 0 Å². The van der Waals surface area contributed by atoms with Crippen LogP contribution in [0, 0.1) is 0 Å². The molecule has 0 radical (unpaired) electrons. The first-order valence-corrected chi connectivity index (χ1v) is 3.80. The second-order valence-electron chi connectivity index (χ2n) is 2.24. The predicted octanol–water partition coefficient (Wildman–Crippen LogP) is 0.380. The van der Waals surface area contributed by atoms with Gasteiger partial charge in [0.25, 0.3) is 11.5 Å². The minimum absolute atomic E-state index is 0.436. The number of nitrogens with zero attached hydrogens (tertiary/aromatic N) is 1. The Morgan fingerprint density at radius 2 is 2.09 bits per heavy atom. The van der Waals surface area contributed by atoms with E-state index in [2.05, 4.69) is 0 Å². The summed E-state index contributed by atoms with van der Waals surface area (Å²) in [5.41, 5.74) is -1.91. The third-order valence-corrected chi connectivity index (χ3v) is 1.70. The highest BCUT2D eigenvalue weighted by atomic mass is 35.5. The van der Waals surface area contributed by atoms with E-state index in [-0.39, 0.29) is 0 Å². The molecule has 1 unspecified atom stereocenters. The fourth-order valence-electron chi connectivity index (χ4n) is 0.922. The number of ether oxygens (including phenoxy) is 1. The summed E-state index contributed by atoms with van der Waals surface area (Å²) in [5.74, 6) is -0.657. The minimum atomic E-state index is -1.91. The lowest BCUT2D eigenvalue weighted by Crippen LogP contribution is -2.43. The van der Waals surface area contributed by atoms with Gasteiger partial charge in [0, 0.05) is 13.1 Å². The van der Waals surface area contributed by atoms with Crippen LogP contribution >= 0.6 is 11.6 Å². The number of amides is 1.